The van der Waals surface area contributed by atoms with Crippen LogP contribution in [0.3, 0.4) is 0 Å². The lowest BCUT2D eigenvalue weighted by Crippen LogP contribution is -2.37. The Labute approximate surface area is 156 Å². The molecule has 9 heteroatoms. The normalized spacial score (nSPS) is 11.1. The first-order valence-corrected chi connectivity index (χ1v) is 8.36. The molecule has 9 nitrogen and oxygen atoms in total. The van der Waals surface area contributed by atoms with E-state index in [-0.39, 0.29) is 28.0 Å². The van der Waals surface area contributed by atoms with Crippen molar-refractivity contribution in [3.8, 4) is 0 Å². The van der Waals surface area contributed by atoms with Crippen molar-refractivity contribution < 1.29 is 4.79 Å². The molecule has 3 aromatic heterocycles. The second-order valence-electron chi connectivity index (χ2n) is 6.35. The summed E-state index contributed by atoms with van der Waals surface area (Å²) >= 11 is 0. The minimum atomic E-state index is -0.550. The number of rotatable bonds is 2. The zero-order valence-corrected chi connectivity index (χ0v) is 15.0. The Morgan fingerprint density at radius 1 is 1.04 bits per heavy atom. The number of H-pyrrole nitrogens is 1. The average Bonchev–Trinajstić information content (AvgIpc) is 2.70. The zero-order valence-electron chi connectivity index (χ0n) is 15.0. The van der Waals surface area contributed by atoms with Crippen LogP contribution in [-0.2, 0) is 14.1 Å². The Balaban J connectivity index is 1.76. The van der Waals surface area contributed by atoms with Crippen LogP contribution in [0.4, 0.5) is 5.69 Å². The molecule has 1 aromatic carbocycles. The number of nitrogens with one attached hydrogen (secondary N) is 2. The lowest BCUT2D eigenvalue weighted by atomic mass is 10.1. The first kappa shape index (κ1) is 17.4. The van der Waals surface area contributed by atoms with Crippen LogP contribution < -0.4 is 22.1 Å². The molecule has 140 valence electrons. The van der Waals surface area contributed by atoms with E-state index in [1.165, 1.54) is 30.9 Å². The largest absolute Gasteiger partial charge is 0.332 e. The van der Waals surface area contributed by atoms with E-state index < -0.39 is 17.2 Å². The van der Waals surface area contributed by atoms with E-state index in [0.717, 1.165) is 4.57 Å². The van der Waals surface area contributed by atoms with Crippen molar-refractivity contribution in [3.05, 3.63) is 79.5 Å². The third-order valence-electron chi connectivity index (χ3n) is 4.55. The summed E-state index contributed by atoms with van der Waals surface area (Å²) in [6, 6.07) is 9.94. The molecule has 0 saturated carbocycles. The molecular weight excluding hydrogens is 362 g/mol. The molecule has 0 atom stereocenters. The Morgan fingerprint density at radius 3 is 2.57 bits per heavy atom. The van der Waals surface area contributed by atoms with E-state index in [1.807, 2.05) is 0 Å². The molecule has 28 heavy (non-hydrogen) atoms. The Kier molecular flexibility index (Phi) is 3.92. The number of fused-ring (bicyclic) bond motifs is 2. The highest BCUT2D eigenvalue weighted by Gasteiger charge is 2.13. The van der Waals surface area contributed by atoms with E-state index in [0.29, 0.717) is 10.8 Å². The number of amides is 1. The second-order valence-corrected chi connectivity index (χ2v) is 6.35. The fourth-order valence-corrected chi connectivity index (χ4v) is 3.07. The summed E-state index contributed by atoms with van der Waals surface area (Å²) in [6.07, 6.45) is 1.35. The number of aromatic amines is 1. The number of anilines is 1. The van der Waals surface area contributed by atoms with Gasteiger partial charge in [-0.3, -0.25) is 23.5 Å². The summed E-state index contributed by atoms with van der Waals surface area (Å²) in [6.45, 7) is 0. The van der Waals surface area contributed by atoms with Crippen LogP contribution >= 0.6 is 0 Å². The van der Waals surface area contributed by atoms with Gasteiger partial charge in [-0.25, -0.2) is 9.78 Å². The number of aromatic nitrogens is 4. The van der Waals surface area contributed by atoms with Crippen LogP contribution in [0.15, 0.2) is 57.0 Å². The Morgan fingerprint density at radius 2 is 1.79 bits per heavy atom. The molecule has 0 unspecified atom stereocenters. The van der Waals surface area contributed by atoms with Crippen molar-refractivity contribution in [3.63, 3.8) is 0 Å². The minimum Gasteiger partial charge on any atom is -0.319 e. The smallest absolute Gasteiger partial charge is 0.319 e. The molecule has 0 fully saturated rings. The monoisotopic (exact) mass is 377 g/mol. The summed E-state index contributed by atoms with van der Waals surface area (Å²) in [5.41, 5.74) is -0.815. The van der Waals surface area contributed by atoms with Gasteiger partial charge in [0.15, 0.2) is 0 Å². The van der Waals surface area contributed by atoms with Gasteiger partial charge in [0, 0.05) is 19.5 Å². The van der Waals surface area contributed by atoms with Gasteiger partial charge < -0.3 is 10.3 Å². The van der Waals surface area contributed by atoms with Crippen molar-refractivity contribution in [2.75, 3.05) is 5.32 Å². The Hall–Kier alpha value is -4.01. The van der Waals surface area contributed by atoms with Crippen LogP contribution in [-0.4, -0.2) is 25.0 Å². The predicted molar refractivity (Wildman–Crippen MR) is 105 cm³/mol. The van der Waals surface area contributed by atoms with Gasteiger partial charge in [-0.05, 0) is 23.6 Å². The number of nitrogens with zero attached hydrogens (tertiary/aromatic N) is 3. The molecule has 3 heterocycles. The van der Waals surface area contributed by atoms with Crippen LogP contribution in [0.5, 0.6) is 0 Å². The molecule has 0 aliphatic carbocycles. The van der Waals surface area contributed by atoms with Gasteiger partial charge >= 0.3 is 5.69 Å². The molecule has 0 aliphatic rings. The fraction of sp³-hybridized carbons (Fsp3) is 0.105. The fourth-order valence-electron chi connectivity index (χ4n) is 3.07. The maximum absolute atomic E-state index is 12.6. The standard InChI is InChI=1S/C19H15N5O4/c1-23-15-13(18(27)24(2)19(23)28)8-11(9-20-15)21-17(26)14-7-10-5-3-4-6-12(10)16(25)22-14/h3-9H,1-2H3,(H,21,26)(H,22,25). The summed E-state index contributed by atoms with van der Waals surface area (Å²) in [4.78, 5) is 55.7. The molecule has 0 aliphatic heterocycles. The molecule has 0 bridgehead atoms. The van der Waals surface area contributed by atoms with Crippen LogP contribution in [0.1, 0.15) is 10.5 Å². The highest BCUT2D eigenvalue weighted by Crippen LogP contribution is 2.14. The molecule has 0 saturated heterocycles. The van der Waals surface area contributed by atoms with Crippen LogP contribution in [0, 0.1) is 0 Å². The number of hydrogen-bond donors (Lipinski definition) is 2. The van der Waals surface area contributed by atoms with Gasteiger partial charge in [-0.1, -0.05) is 18.2 Å². The van der Waals surface area contributed by atoms with E-state index >= 15 is 0 Å². The lowest BCUT2D eigenvalue weighted by Gasteiger charge is -2.09. The van der Waals surface area contributed by atoms with Crippen molar-refractivity contribution in [2.24, 2.45) is 14.1 Å². The summed E-state index contributed by atoms with van der Waals surface area (Å²) in [5.74, 6) is -0.550. The maximum atomic E-state index is 12.6. The maximum Gasteiger partial charge on any atom is 0.332 e. The summed E-state index contributed by atoms with van der Waals surface area (Å²) in [5, 5.41) is 3.92. The summed E-state index contributed by atoms with van der Waals surface area (Å²) < 4.78 is 2.22. The number of carbonyl (C=O) groups excluding carboxylic acids is 1. The zero-order chi connectivity index (χ0) is 20.0. The summed E-state index contributed by atoms with van der Waals surface area (Å²) in [7, 11) is 2.88. The average molecular weight is 377 g/mol. The molecular formula is C19H15N5O4. The molecule has 2 N–H and O–H groups in total. The number of pyridine rings is 2. The first-order valence-electron chi connectivity index (χ1n) is 8.36. The molecule has 4 aromatic rings. The quantitative estimate of drug-likeness (QED) is 0.534. The SMILES string of the molecule is Cn1c(=O)c2cc(NC(=O)c3cc4ccccc4c(=O)[nH]3)cnc2n(C)c1=O. The minimum absolute atomic E-state index is 0.0807. The van der Waals surface area contributed by atoms with Gasteiger partial charge in [0.25, 0.3) is 17.0 Å². The topological polar surface area (TPSA) is 119 Å². The lowest BCUT2D eigenvalue weighted by molar-refractivity contribution is 0.102. The number of aryl methyl sites for hydroxylation is 1. The van der Waals surface area contributed by atoms with Gasteiger partial charge in [0.05, 0.1) is 17.3 Å². The van der Waals surface area contributed by atoms with Crippen molar-refractivity contribution in [2.45, 2.75) is 0 Å². The second kappa shape index (κ2) is 6.31. The molecule has 0 radical (unpaired) electrons. The van der Waals surface area contributed by atoms with E-state index in [1.54, 1.807) is 30.3 Å². The number of carbonyl (C=O) groups is 1. The van der Waals surface area contributed by atoms with Crippen LogP contribution in [0.25, 0.3) is 21.8 Å². The van der Waals surface area contributed by atoms with E-state index in [2.05, 4.69) is 15.3 Å². The molecule has 1 amide bonds. The third kappa shape index (κ3) is 2.69. The van der Waals surface area contributed by atoms with Crippen molar-refractivity contribution >= 4 is 33.4 Å². The van der Waals surface area contributed by atoms with E-state index in [9.17, 15) is 19.2 Å². The van der Waals surface area contributed by atoms with Gasteiger partial charge in [0.1, 0.15) is 11.3 Å². The Bertz CT molecular complexity index is 1450. The highest BCUT2D eigenvalue weighted by molar-refractivity contribution is 6.05. The number of hydrogen-bond acceptors (Lipinski definition) is 5. The predicted octanol–water partition coefficient (Wildman–Crippen LogP) is 0.726. The van der Waals surface area contributed by atoms with E-state index in [4.69, 9.17) is 0 Å². The van der Waals surface area contributed by atoms with Gasteiger partial charge in [0.2, 0.25) is 0 Å². The van der Waals surface area contributed by atoms with Crippen molar-refractivity contribution in [1.29, 1.82) is 0 Å². The van der Waals surface area contributed by atoms with Gasteiger partial charge in [-0.2, -0.15) is 0 Å². The highest BCUT2D eigenvalue weighted by atomic mass is 16.2. The van der Waals surface area contributed by atoms with Gasteiger partial charge in [-0.15, -0.1) is 0 Å². The first-order chi connectivity index (χ1) is 13.4. The molecule has 4 rings (SSSR count). The number of benzene rings is 1. The third-order valence-corrected chi connectivity index (χ3v) is 4.55. The van der Waals surface area contributed by atoms with Crippen LogP contribution in [0.2, 0.25) is 0 Å². The molecule has 0 spiro atoms. The van der Waals surface area contributed by atoms with Crippen molar-refractivity contribution in [1.82, 2.24) is 19.1 Å².